The first-order valence-corrected chi connectivity index (χ1v) is 11.2. The van der Waals surface area contributed by atoms with Gasteiger partial charge >= 0.3 is 6.18 Å². The van der Waals surface area contributed by atoms with Gasteiger partial charge in [-0.15, -0.1) is 0 Å². The number of nitrogens with one attached hydrogen (secondary N) is 2. The van der Waals surface area contributed by atoms with Gasteiger partial charge in [0.05, 0.1) is 10.6 Å². The Morgan fingerprint density at radius 3 is 2.53 bits per heavy atom. The number of aromatic nitrogens is 1. The summed E-state index contributed by atoms with van der Waals surface area (Å²) in [4.78, 5) is 16.1. The van der Waals surface area contributed by atoms with Gasteiger partial charge in [0, 0.05) is 24.4 Å². The smallest absolute Gasteiger partial charge is 0.422 e. The first-order valence-electron chi connectivity index (χ1n) is 9.75. The predicted octanol–water partition coefficient (Wildman–Crippen LogP) is 4.20. The summed E-state index contributed by atoms with van der Waals surface area (Å²) in [5.41, 5.74) is 0.712. The van der Waals surface area contributed by atoms with Crippen molar-refractivity contribution in [2.75, 3.05) is 11.3 Å². The SMILES string of the molecule is Cc1ccc(S(=O)(=O)Nc2ccccc2F)cc1C(=O)NCc1ccnc(OCC(F)(F)F)c1. The summed E-state index contributed by atoms with van der Waals surface area (Å²) in [6.07, 6.45) is -3.28. The maximum Gasteiger partial charge on any atom is 0.422 e. The molecule has 0 unspecified atom stereocenters. The van der Waals surface area contributed by atoms with Gasteiger partial charge in [-0.2, -0.15) is 13.2 Å². The van der Waals surface area contributed by atoms with E-state index in [-0.39, 0.29) is 28.6 Å². The van der Waals surface area contributed by atoms with Crippen LogP contribution in [-0.4, -0.2) is 32.1 Å². The van der Waals surface area contributed by atoms with Gasteiger partial charge in [0.25, 0.3) is 15.9 Å². The van der Waals surface area contributed by atoms with Crippen LogP contribution in [0.5, 0.6) is 5.88 Å². The van der Waals surface area contributed by atoms with E-state index in [0.717, 1.165) is 12.1 Å². The second-order valence-corrected chi connectivity index (χ2v) is 8.83. The number of nitrogens with zero attached hydrogens (tertiary/aromatic N) is 1. The van der Waals surface area contributed by atoms with Crippen LogP contribution < -0.4 is 14.8 Å². The van der Waals surface area contributed by atoms with Gasteiger partial charge in [-0.3, -0.25) is 9.52 Å². The van der Waals surface area contributed by atoms with E-state index < -0.39 is 34.5 Å². The highest BCUT2D eigenvalue weighted by molar-refractivity contribution is 7.92. The third-order valence-electron chi connectivity index (χ3n) is 4.52. The van der Waals surface area contributed by atoms with Crippen molar-refractivity contribution in [1.29, 1.82) is 0 Å². The molecule has 1 heterocycles. The Labute approximate surface area is 192 Å². The number of pyridine rings is 1. The number of hydrogen-bond donors (Lipinski definition) is 2. The lowest BCUT2D eigenvalue weighted by Gasteiger charge is -2.13. The molecule has 1 aromatic heterocycles. The molecule has 0 bridgehead atoms. The van der Waals surface area contributed by atoms with E-state index in [2.05, 4.69) is 19.8 Å². The number of alkyl halides is 3. The average molecular weight is 497 g/mol. The number of amides is 1. The zero-order valence-electron chi connectivity index (χ0n) is 17.7. The first kappa shape index (κ1) is 25.0. The number of benzene rings is 2. The third kappa shape index (κ3) is 6.67. The number of carbonyl (C=O) groups excluding carboxylic acids is 1. The molecule has 0 aliphatic rings. The quantitative estimate of drug-likeness (QED) is 0.455. The Kier molecular flexibility index (Phi) is 7.40. The summed E-state index contributed by atoms with van der Waals surface area (Å²) < 4.78 is 82.8. The van der Waals surface area contributed by atoms with Gasteiger partial charge < -0.3 is 10.1 Å². The molecule has 0 spiro atoms. The Bertz CT molecular complexity index is 1300. The normalized spacial score (nSPS) is 11.7. The number of carbonyl (C=O) groups is 1. The van der Waals surface area contributed by atoms with Crippen molar-refractivity contribution in [3.63, 3.8) is 0 Å². The molecule has 0 aliphatic heterocycles. The molecule has 2 aromatic carbocycles. The maximum atomic E-state index is 13.8. The van der Waals surface area contributed by atoms with Crippen molar-refractivity contribution >= 4 is 21.6 Å². The largest absolute Gasteiger partial charge is 0.468 e. The minimum atomic E-state index is -4.52. The van der Waals surface area contributed by atoms with Gasteiger partial charge in [-0.25, -0.2) is 17.8 Å². The molecule has 3 rings (SSSR count). The van der Waals surface area contributed by atoms with Crippen molar-refractivity contribution in [3.8, 4) is 5.88 Å². The van der Waals surface area contributed by atoms with Crippen LogP contribution in [0.15, 0.2) is 65.7 Å². The van der Waals surface area contributed by atoms with Crippen LogP contribution in [0.2, 0.25) is 0 Å². The summed E-state index contributed by atoms with van der Waals surface area (Å²) in [5, 5.41) is 2.57. The summed E-state index contributed by atoms with van der Waals surface area (Å²) in [7, 11) is -4.19. The molecule has 7 nitrogen and oxygen atoms in total. The molecular formula is C22H19F4N3O4S. The fourth-order valence-corrected chi connectivity index (χ4v) is 3.93. The molecule has 2 N–H and O–H groups in total. The Morgan fingerprint density at radius 1 is 1.09 bits per heavy atom. The molecule has 0 fully saturated rings. The summed E-state index contributed by atoms with van der Waals surface area (Å²) in [5.74, 6) is -1.63. The molecule has 0 saturated heterocycles. The van der Waals surface area contributed by atoms with E-state index in [1.807, 2.05) is 0 Å². The molecule has 12 heteroatoms. The minimum absolute atomic E-state index is 0.0546. The number of sulfonamides is 1. The van der Waals surface area contributed by atoms with Crippen LogP contribution in [0.1, 0.15) is 21.5 Å². The summed E-state index contributed by atoms with van der Waals surface area (Å²) in [6.45, 7) is 0.0237. The first-order chi connectivity index (χ1) is 15.9. The van der Waals surface area contributed by atoms with Gasteiger partial charge in [0.1, 0.15) is 5.82 Å². The van der Waals surface area contributed by atoms with Crippen LogP contribution in [-0.2, 0) is 16.6 Å². The van der Waals surface area contributed by atoms with Gasteiger partial charge in [-0.05, 0) is 48.4 Å². The number of anilines is 1. The third-order valence-corrected chi connectivity index (χ3v) is 5.88. The van der Waals surface area contributed by atoms with Crippen LogP contribution >= 0.6 is 0 Å². The van der Waals surface area contributed by atoms with Gasteiger partial charge in [0.2, 0.25) is 5.88 Å². The van der Waals surface area contributed by atoms with E-state index in [1.165, 1.54) is 48.7 Å². The summed E-state index contributed by atoms with van der Waals surface area (Å²) in [6, 6.07) is 11.8. The molecule has 1 amide bonds. The van der Waals surface area contributed by atoms with Gasteiger partial charge in [0.15, 0.2) is 6.61 Å². The monoisotopic (exact) mass is 497 g/mol. The zero-order valence-corrected chi connectivity index (χ0v) is 18.5. The topological polar surface area (TPSA) is 97.4 Å². The lowest BCUT2D eigenvalue weighted by molar-refractivity contribution is -0.154. The number of ether oxygens (including phenoxy) is 1. The Hall–Kier alpha value is -3.67. The standard InChI is InChI=1S/C22H19F4N3O4S/c1-14-6-7-16(34(31,32)29-19-5-3-2-4-18(19)23)11-17(14)21(30)28-12-15-8-9-27-20(10-15)33-13-22(24,25)26/h2-11,29H,12-13H2,1H3,(H,28,30). The maximum absolute atomic E-state index is 13.8. The number of hydrogen-bond acceptors (Lipinski definition) is 5. The number of para-hydroxylation sites is 1. The van der Waals surface area contributed by atoms with Crippen molar-refractivity contribution in [2.45, 2.75) is 24.5 Å². The van der Waals surface area contributed by atoms with E-state index in [4.69, 9.17) is 0 Å². The fourth-order valence-electron chi connectivity index (χ4n) is 2.83. The minimum Gasteiger partial charge on any atom is -0.468 e. The van der Waals surface area contributed by atoms with Crippen molar-refractivity contribution in [3.05, 3.63) is 83.3 Å². The average Bonchev–Trinajstić information content (AvgIpc) is 2.77. The molecular weight excluding hydrogens is 478 g/mol. The zero-order chi connectivity index (χ0) is 24.9. The van der Waals surface area contributed by atoms with Crippen LogP contribution in [0.4, 0.5) is 23.2 Å². The second-order valence-electron chi connectivity index (χ2n) is 7.15. The number of aryl methyl sites for hydroxylation is 1. The van der Waals surface area contributed by atoms with E-state index >= 15 is 0 Å². The van der Waals surface area contributed by atoms with Crippen LogP contribution in [0, 0.1) is 12.7 Å². The highest BCUT2D eigenvalue weighted by atomic mass is 32.2. The molecule has 3 aromatic rings. The number of rotatable bonds is 8. The Morgan fingerprint density at radius 2 is 1.82 bits per heavy atom. The van der Waals surface area contributed by atoms with Crippen molar-refractivity contribution < 1.29 is 35.5 Å². The molecule has 34 heavy (non-hydrogen) atoms. The molecule has 0 aliphatic carbocycles. The molecule has 0 saturated carbocycles. The van der Waals surface area contributed by atoms with Crippen LogP contribution in [0.3, 0.4) is 0 Å². The van der Waals surface area contributed by atoms with E-state index in [0.29, 0.717) is 11.1 Å². The number of halogens is 4. The van der Waals surface area contributed by atoms with E-state index in [9.17, 15) is 30.8 Å². The second kappa shape index (κ2) is 10.1. The molecule has 180 valence electrons. The molecule has 0 atom stereocenters. The fraction of sp³-hybridized carbons (Fsp3) is 0.182. The molecule has 0 radical (unpaired) electrons. The van der Waals surface area contributed by atoms with Crippen molar-refractivity contribution in [2.24, 2.45) is 0 Å². The lowest BCUT2D eigenvalue weighted by atomic mass is 10.1. The van der Waals surface area contributed by atoms with Gasteiger partial charge in [-0.1, -0.05) is 18.2 Å². The predicted molar refractivity (Wildman–Crippen MR) is 115 cm³/mol. The lowest BCUT2D eigenvalue weighted by Crippen LogP contribution is -2.24. The van der Waals surface area contributed by atoms with Crippen molar-refractivity contribution in [1.82, 2.24) is 10.3 Å². The van der Waals surface area contributed by atoms with E-state index in [1.54, 1.807) is 6.92 Å². The Balaban J connectivity index is 1.72. The highest BCUT2D eigenvalue weighted by Crippen LogP contribution is 2.22. The highest BCUT2D eigenvalue weighted by Gasteiger charge is 2.28. The summed E-state index contributed by atoms with van der Waals surface area (Å²) >= 11 is 0. The van der Waals surface area contributed by atoms with Crippen LogP contribution in [0.25, 0.3) is 0 Å².